The smallest absolute Gasteiger partial charge is 0.234 e. The highest BCUT2D eigenvalue weighted by Crippen LogP contribution is 2.33. The molecule has 5 nitrogen and oxygen atoms in total. The standard InChI is InChI=1S/C18H22BrClN4OS/c1-2-24-17(12-6-4-3-5-7-12)22-23-18(24)26-11-16(25)21-15-9-8-13(19)10-14(15)20/h8-10,12H,2-7,11H2,1H3,(H,21,25). The summed E-state index contributed by atoms with van der Waals surface area (Å²) in [5.41, 5.74) is 0.611. The van der Waals surface area contributed by atoms with E-state index in [1.165, 1.54) is 43.9 Å². The summed E-state index contributed by atoms with van der Waals surface area (Å²) in [6, 6.07) is 5.39. The van der Waals surface area contributed by atoms with Crippen LogP contribution in [0, 0.1) is 0 Å². The molecule has 2 aromatic rings. The van der Waals surface area contributed by atoms with Crippen LogP contribution in [0.15, 0.2) is 27.8 Å². The lowest BCUT2D eigenvalue weighted by molar-refractivity contribution is -0.113. The van der Waals surface area contributed by atoms with Crippen LogP contribution in [0.3, 0.4) is 0 Å². The minimum absolute atomic E-state index is 0.107. The molecular weight excluding hydrogens is 436 g/mol. The van der Waals surface area contributed by atoms with Crippen LogP contribution in [0.25, 0.3) is 0 Å². The molecular formula is C18H22BrClN4OS. The third kappa shape index (κ3) is 4.81. The second kappa shape index (κ2) is 9.24. The maximum absolute atomic E-state index is 12.3. The number of nitrogens with one attached hydrogen (secondary N) is 1. The van der Waals surface area contributed by atoms with Crippen molar-refractivity contribution < 1.29 is 4.79 Å². The maximum atomic E-state index is 12.3. The van der Waals surface area contributed by atoms with Crippen LogP contribution in [0.5, 0.6) is 0 Å². The minimum Gasteiger partial charge on any atom is -0.324 e. The number of hydrogen-bond donors (Lipinski definition) is 1. The van der Waals surface area contributed by atoms with Crippen molar-refractivity contribution in [3.05, 3.63) is 33.5 Å². The molecule has 1 aromatic carbocycles. The van der Waals surface area contributed by atoms with Crippen molar-refractivity contribution in [2.24, 2.45) is 0 Å². The molecule has 0 saturated heterocycles. The lowest BCUT2D eigenvalue weighted by Crippen LogP contribution is -2.15. The fourth-order valence-corrected chi connectivity index (χ4v) is 4.80. The molecule has 0 radical (unpaired) electrons. The molecule has 26 heavy (non-hydrogen) atoms. The Balaban J connectivity index is 1.62. The van der Waals surface area contributed by atoms with Crippen molar-refractivity contribution in [1.82, 2.24) is 14.8 Å². The fourth-order valence-electron chi connectivity index (χ4n) is 3.27. The van der Waals surface area contributed by atoms with Crippen molar-refractivity contribution in [2.45, 2.75) is 56.6 Å². The zero-order chi connectivity index (χ0) is 18.5. The number of benzene rings is 1. The van der Waals surface area contributed by atoms with E-state index in [-0.39, 0.29) is 11.7 Å². The van der Waals surface area contributed by atoms with E-state index < -0.39 is 0 Å². The molecule has 0 bridgehead atoms. The van der Waals surface area contributed by atoms with Crippen molar-refractivity contribution in [1.29, 1.82) is 0 Å². The van der Waals surface area contributed by atoms with Gasteiger partial charge < -0.3 is 9.88 Å². The van der Waals surface area contributed by atoms with Gasteiger partial charge in [-0.05, 0) is 38.0 Å². The Kier molecular flexibility index (Phi) is 7.00. The van der Waals surface area contributed by atoms with Gasteiger partial charge >= 0.3 is 0 Å². The largest absolute Gasteiger partial charge is 0.324 e. The summed E-state index contributed by atoms with van der Waals surface area (Å²) < 4.78 is 3.03. The van der Waals surface area contributed by atoms with E-state index in [1.54, 1.807) is 12.1 Å². The van der Waals surface area contributed by atoms with Gasteiger partial charge in [0.2, 0.25) is 5.91 Å². The Morgan fingerprint density at radius 1 is 1.35 bits per heavy atom. The highest BCUT2D eigenvalue weighted by Gasteiger charge is 2.23. The number of hydrogen-bond acceptors (Lipinski definition) is 4. The van der Waals surface area contributed by atoms with Gasteiger partial charge in [-0.2, -0.15) is 0 Å². The van der Waals surface area contributed by atoms with Gasteiger partial charge in [-0.1, -0.05) is 58.6 Å². The van der Waals surface area contributed by atoms with Gasteiger partial charge in [0, 0.05) is 16.9 Å². The van der Waals surface area contributed by atoms with E-state index in [2.05, 4.69) is 42.9 Å². The first-order chi connectivity index (χ1) is 12.6. The van der Waals surface area contributed by atoms with E-state index in [0.29, 0.717) is 16.6 Å². The fraction of sp³-hybridized carbons (Fsp3) is 0.500. The molecule has 1 heterocycles. The van der Waals surface area contributed by atoms with E-state index in [4.69, 9.17) is 11.6 Å². The van der Waals surface area contributed by atoms with Gasteiger partial charge in [-0.15, -0.1) is 10.2 Å². The van der Waals surface area contributed by atoms with E-state index in [1.807, 2.05) is 6.07 Å². The first kappa shape index (κ1) is 19.7. The summed E-state index contributed by atoms with van der Waals surface area (Å²) in [7, 11) is 0. The molecule has 3 rings (SSSR count). The topological polar surface area (TPSA) is 59.8 Å². The van der Waals surface area contributed by atoms with Crippen molar-refractivity contribution in [3.8, 4) is 0 Å². The Bertz CT molecular complexity index is 777. The van der Waals surface area contributed by atoms with Gasteiger partial charge in [-0.3, -0.25) is 4.79 Å². The monoisotopic (exact) mass is 456 g/mol. The van der Waals surface area contributed by atoms with Crippen LogP contribution < -0.4 is 5.32 Å². The third-order valence-electron chi connectivity index (χ3n) is 4.57. The predicted octanol–water partition coefficient (Wildman–Crippen LogP) is 5.49. The zero-order valence-corrected chi connectivity index (χ0v) is 17.8. The zero-order valence-electron chi connectivity index (χ0n) is 14.7. The SMILES string of the molecule is CCn1c(SCC(=O)Nc2ccc(Br)cc2Cl)nnc1C1CCCCC1. The van der Waals surface area contributed by atoms with Crippen LogP contribution in [0.1, 0.15) is 50.8 Å². The van der Waals surface area contributed by atoms with Gasteiger partial charge in [0.05, 0.1) is 16.5 Å². The summed E-state index contributed by atoms with van der Waals surface area (Å²) >= 11 is 10.9. The number of anilines is 1. The lowest BCUT2D eigenvalue weighted by Gasteiger charge is -2.21. The third-order valence-corrected chi connectivity index (χ3v) is 6.34. The molecule has 1 aliphatic rings. The number of amides is 1. The number of halogens is 2. The summed E-state index contributed by atoms with van der Waals surface area (Å²) in [5, 5.41) is 12.9. The molecule has 0 aliphatic heterocycles. The maximum Gasteiger partial charge on any atom is 0.234 e. The second-order valence-corrected chi connectivity index (χ2v) is 8.65. The summed E-state index contributed by atoms with van der Waals surface area (Å²) in [6.07, 6.45) is 6.22. The van der Waals surface area contributed by atoms with Crippen LogP contribution >= 0.6 is 39.3 Å². The van der Waals surface area contributed by atoms with Crippen LogP contribution in [0.2, 0.25) is 5.02 Å². The summed E-state index contributed by atoms with van der Waals surface area (Å²) in [4.78, 5) is 12.3. The number of rotatable bonds is 6. The van der Waals surface area contributed by atoms with E-state index in [9.17, 15) is 4.79 Å². The van der Waals surface area contributed by atoms with Crippen LogP contribution in [-0.4, -0.2) is 26.4 Å². The average Bonchev–Trinajstić information content (AvgIpc) is 3.06. The number of nitrogens with zero attached hydrogens (tertiary/aromatic N) is 3. The lowest BCUT2D eigenvalue weighted by atomic mass is 9.89. The Morgan fingerprint density at radius 3 is 2.81 bits per heavy atom. The average molecular weight is 458 g/mol. The molecule has 0 spiro atoms. The molecule has 0 atom stereocenters. The second-order valence-electron chi connectivity index (χ2n) is 6.38. The Morgan fingerprint density at radius 2 is 2.12 bits per heavy atom. The molecule has 140 valence electrons. The van der Waals surface area contributed by atoms with Crippen LogP contribution in [0.4, 0.5) is 5.69 Å². The summed E-state index contributed by atoms with van der Waals surface area (Å²) in [6.45, 7) is 2.92. The van der Waals surface area contributed by atoms with Crippen molar-refractivity contribution in [3.63, 3.8) is 0 Å². The molecule has 1 aliphatic carbocycles. The molecule has 1 saturated carbocycles. The van der Waals surface area contributed by atoms with Crippen LogP contribution in [-0.2, 0) is 11.3 Å². The first-order valence-corrected chi connectivity index (χ1v) is 11.0. The van der Waals surface area contributed by atoms with Crippen molar-refractivity contribution in [2.75, 3.05) is 11.1 Å². The van der Waals surface area contributed by atoms with Crippen molar-refractivity contribution >= 4 is 50.9 Å². The number of aromatic nitrogens is 3. The number of thioether (sulfide) groups is 1. The van der Waals surface area contributed by atoms with Gasteiger partial charge in [0.25, 0.3) is 0 Å². The molecule has 1 amide bonds. The van der Waals surface area contributed by atoms with E-state index in [0.717, 1.165) is 22.0 Å². The highest BCUT2D eigenvalue weighted by atomic mass is 79.9. The minimum atomic E-state index is -0.107. The van der Waals surface area contributed by atoms with E-state index >= 15 is 0 Å². The Labute approximate surface area is 171 Å². The molecule has 1 aromatic heterocycles. The van der Waals surface area contributed by atoms with Gasteiger partial charge in [0.15, 0.2) is 5.16 Å². The first-order valence-electron chi connectivity index (χ1n) is 8.89. The molecule has 1 fully saturated rings. The quantitative estimate of drug-likeness (QED) is 0.582. The number of carbonyl (C=O) groups excluding carboxylic acids is 1. The Hall–Kier alpha value is -1.05. The van der Waals surface area contributed by atoms with Gasteiger partial charge in [0.1, 0.15) is 5.82 Å². The highest BCUT2D eigenvalue weighted by molar-refractivity contribution is 9.10. The molecule has 8 heteroatoms. The summed E-state index contributed by atoms with van der Waals surface area (Å²) in [5.74, 6) is 1.74. The van der Waals surface area contributed by atoms with Gasteiger partial charge in [-0.25, -0.2) is 0 Å². The normalized spacial score (nSPS) is 15.2. The molecule has 1 N–H and O–H groups in total. The number of carbonyl (C=O) groups is 1. The predicted molar refractivity (Wildman–Crippen MR) is 110 cm³/mol. The molecule has 0 unspecified atom stereocenters.